The molecule has 2 aromatic carbocycles. The second kappa shape index (κ2) is 10.0. The van der Waals surface area contributed by atoms with E-state index in [4.69, 9.17) is 0 Å². The van der Waals surface area contributed by atoms with Crippen molar-refractivity contribution in [3.05, 3.63) is 77.2 Å². The predicted octanol–water partition coefficient (Wildman–Crippen LogP) is 6.33. The van der Waals surface area contributed by atoms with Crippen molar-refractivity contribution in [3.8, 4) is 0 Å². The first-order chi connectivity index (χ1) is 12.9. The summed E-state index contributed by atoms with van der Waals surface area (Å²) in [5.74, 6) is 0. The molecule has 0 radical (unpaired) electrons. The largest absolute Gasteiger partial charge is 0.387 e. The molecule has 0 spiro atoms. The molecular formula is C24H32O2S. The zero-order chi connectivity index (χ0) is 19.9. The van der Waals surface area contributed by atoms with Gasteiger partial charge in [0.2, 0.25) is 0 Å². The topological polar surface area (TPSA) is 37.3 Å². The number of aliphatic hydroxyl groups is 1. The van der Waals surface area contributed by atoms with Crippen molar-refractivity contribution in [1.82, 2.24) is 0 Å². The Kier molecular flexibility index (Phi) is 8.00. The van der Waals surface area contributed by atoms with Gasteiger partial charge in [-0.05, 0) is 31.0 Å². The minimum Gasteiger partial charge on any atom is -0.387 e. The first kappa shape index (κ1) is 21.6. The second-order valence-corrected chi connectivity index (χ2v) is 9.05. The zero-order valence-electron chi connectivity index (χ0n) is 16.8. The van der Waals surface area contributed by atoms with Crippen molar-refractivity contribution in [2.75, 3.05) is 0 Å². The zero-order valence-corrected chi connectivity index (χ0v) is 17.6. The highest BCUT2D eigenvalue weighted by Crippen LogP contribution is 2.46. The van der Waals surface area contributed by atoms with Crippen LogP contribution in [-0.4, -0.2) is 9.32 Å². The summed E-state index contributed by atoms with van der Waals surface area (Å²) in [4.78, 5) is 1.34. The molecule has 0 fully saturated rings. The fourth-order valence-electron chi connectivity index (χ4n) is 3.37. The lowest BCUT2D eigenvalue weighted by atomic mass is 9.76. The van der Waals surface area contributed by atoms with Crippen molar-refractivity contribution in [2.24, 2.45) is 5.41 Å². The number of hydrogen-bond donors (Lipinski definition) is 1. The average Bonchev–Trinajstić information content (AvgIpc) is 2.70. The molecule has 1 unspecified atom stereocenters. The summed E-state index contributed by atoms with van der Waals surface area (Å²) >= 11 is 0. The standard InChI is InChI=1S/C24H32O2S/c1-5-6-7-11-18-24(4,23(25)21-12-9-8-10-13-21)20(3)27(26)22-16-14-19(2)15-17-22/h8-10,12-17,23,25H,3,5-7,11,18H2,1-2,4H3/t23-,24+,27?/m1/s1. The third kappa shape index (κ3) is 5.40. The molecule has 0 aliphatic rings. The number of unbranched alkanes of at least 4 members (excludes halogenated alkanes) is 3. The van der Waals surface area contributed by atoms with E-state index < -0.39 is 22.3 Å². The fraction of sp³-hybridized carbons (Fsp3) is 0.417. The van der Waals surface area contributed by atoms with Crippen molar-refractivity contribution in [3.63, 3.8) is 0 Å². The molecule has 146 valence electrons. The van der Waals surface area contributed by atoms with Gasteiger partial charge in [-0.3, -0.25) is 0 Å². The minimum absolute atomic E-state index is 0.596. The molecule has 2 nitrogen and oxygen atoms in total. The van der Waals surface area contributed by atoms with E-state index >= 15 is 0 Å². The summed E-state index contributed by atoms with van der Waals surface area (Å²) in [5, 5.41) is 11.2. The van der Waals surface area contributed by atoms with Gasteiger partial charge in [0, 0.05) is 15.2 Å². The summed E-state index contributed by atoms with van der Waals surface area (Å²) in [6.07, 6.45) is 4.46. The predicted molar refractivity (Wildman–Crippen MR) is 115 cm³/mol. The van der Waals surface area contributed by atoms with Crippen LogP contribution < -0.4 is 0 Å². The highest BCUT2D eigenvalue weighted by molar-refractivity contribution is 7.89. The third-order valence-corrected chi connectivity index (χ3v) is 6.98. The van der Waals surface area contributed by atoms with Crippen LogP contribution in [0.5, 0.6) is 0 Å². The van der Waals surface area contributed by atoms with E-state index in [1.54, 1.807) is 0 Å². The Morgan fingerprint density at radius 3 is 2.30 bits per heavy atom. The van der Waals surface area contributed by atoms with Gasteiger partial charge >= 0.3 is 0 Å². The average molecular weight is 385 g/mol. The maximum Gasteiger partial charge on any atom is 0.0889 e. The lowest BCUT2D eigenvalue weighted by Crippen LogP contribution is -2.30. The monoisotopic (exact) mass is 384 g/mol. The van der Waals surface area contributed by atoms with Gasteiger partial charge in [0.25, 0.3) is 0 Å². The minimum atomic E-state index is -1.36. The lowest BCUT2D eigenvalue weighted by Gasteiger charge is -2.36. The van der Waals surface area contributed by atoms with Crippen molar-refractivity contribution in [2.45, 2.75) is 63.9 Å². The van der Waals surface area contributed by atoms with E-state index in [0.29, 0.717) is 4.91 Å². The summed E-state index contributed by atoms with van der Waals surface area (Å²) < 4.78 is 13.2. The van der Waals surface area contributed by atoms with Crippen molar-refractivity contribution in [1.29, 1.82) is 0 Å². The van der Waals surface area contributed by atoms with E-state index in [1.807, 2.05) is 68.4 Å². The van der Waals surface area contributed by atoms with Gasteiger partial charge in [-0.2, -0.15) is 0 Å². The third-order valence-electron chi connectivity index (χ3n) is 5.36. The van der Waals surface area contributed by atoms with Gasteiger partial charge < -0.3 is 5.11 Å². The molecule has 0 aliphatic heterocycles. The molecular weight excluding hydrogens is 352 g/mol. The highest BCUT2D eigenvalue weighted by atomic mass is 32.2. The summed E-state index contributed by atoms with van der Waals surface area (Å²) in [7, 11) is -1.36. The molecule has 0 bridgehead atoms. The normalized spacial score (nSPS) is 15.7. The Balaban J connectivity index is 2.30. The maximum atomic E-state index is 13.2. The van der Waals surface area contributed by atoms with Crippen molar-refractivity contribution >= 4 is 10.8 Å². The molecule has 0 amide bonds. The van der Waals surface area contributed by atoms with Crippen LogP contribution in [0.25, 0.3) is 0 Å². The molecule has 3 atom stereocenters. The van der Waals surface area contributed by atoms with Gasteiger partial charge in [0.15, 0.2) is 0 Å². The Morgan fingerprint density at radius 2 is 1.70 bits per heavy atom. The van der Waals surface area contributed by atoms with Gasteiger partial charge in [0.1, 0.15) is 0 Å². The van der Waals surface area contributed by atoms with Crippen LogP contribution in [0.2, 0.25) is 0 Å². The molecule has 0 aliphatic carbocycles. The van der Waals surface area contributed by atoms with Crippen LogP contribution in [0.4, 0.5) is 0 Å². The Labute approximate surface area is 166 Å². The van der Waals surface area contributed by atoms with E-state index in [1.165, 1.54) is 6.42 Å². The molecule has 0 heterocycles. The quantitative estimate of drug-likeness (QED) is 0.486. The van der Waals surface area contributed by atoms with Gasteiger partial charge in [-0.25, -0.2) is 4.21 Å². The number of aliphatic hydroxyl groups excluding tert-OH is 1. The summed E-state index contributed by atoms with van der Waals surface area (Å²) in [6, 6.07) is 17.4. The molecule has 3 heteroatoms. The van der Waals surface area contributed by atoms with Crippen molar-refractivity contribution < 1.29 is 9.32 Å². The van der Waals surface area contributed by atoms with E-state index in [9.17, 15) is 9.32 Å². The molecule has 0 saturated heterocycles. The van der Waals surface area contributed by atoms with E-state index in [2.05, 4.69) is 13.5 Å². The molecule has 2 rings (SSSR count). The highest BCUT2D eigenvalue weighted by Gasteiger charge is 2.39. The lowest BCUT2D eigenvalue weighted by molar-refractivity contribution is 0.0591. The molecule has 0 aromatic heterocycles. The van der Waals surface area contributed by atoms with Gasteiger partial charge in [0.05, 0.1) is 16.9 Å². The van der Waals surface area contributed by atoms with Crippen LogP contribution >= 0.6 is 0 Å². The first-order valence-corrected chi connectivity index (χ1v) is 11.0. The second-order valence-electron chi connectivity index (χ2n) is 7.55. The van der Waals surface area contributed by atoms with Gasteiger partial charge in [-0.15, -0.1) is 0 Å². The number of hydrogen-bond acceptors (Lipinski definition) is 2. The summed E-state index contributed by atoms with van der Waals surface area (Å²) in [6.45, 7) is 10.4. The molecule has 1 N–H and O–H groups in total. The van der Waals surface area contributed by atoms with Crippen LogP contribution in [0, 0.1) is 12.3 Å². The maximum absolute atomic E-state index is 13.2. The molecule has 2 aromatic rings. The Bertz CT molecular complexity index is 752. The summed E-state index contributed by atoms with van der Waals surface area (Å²) in [5.41, 5.74) is 1.33. The van der Waals surface area contributed by atoms with Crippen LogP contribution in [0.1, 0.15) is 63.2 Å². The number of rotatable bonds is 10. The Hall–Kier alpha value is -1.71. The van der Waals surface area contributed by atoms with Crippen LogP contribution in [0.15, 0.2) is 71.0 Å². The first-order valence-electron chi connectivity index (χ1n) is 9.81. The van der Waals surface area contributed by atoms with Gasteiger partial charge in [-0.1, -0.05) is 94.1 Å². The smallest absolute Gasteiger partial charge is 0.0889 e. The van der Waals surface area contributed by atoms with Crippen LogP contribution in [0.3, 0.4) is 0 Å². The molecule has 0 saturated carbocycles. The fourth-order valence-corrected chi connectivity index (χ4v) is 4.67. The number of benzene rings is 2. The molecule has 27 heavy (non-hydrogen) atoms. The SMILES string of the molecule is C=C(S(=O)c1ccc(C)cc1)[C@](C)(CCCCCC)[C@H](O)c1ccccc1. The Morgan fingerprint density at radius 1 is 1.07 bits per heavy atom. The van der Waals surface area contributed by atoms with E-state index in [-0.39, 0.29) is 0 Å². The van der Waals surface area contributed by atoms with E-state index in [0.717, 1.165) is 41.7 Å². The number of aryl methyl sites for hydroxylation is 1. The van der Waals surface area contributed by atoms with Crippen LogP contribution in [-0.2, 0) is 10.8 Å².